The van der Waals surface area contributed by atoms with Crippen LogP contribution in [0, 0.1) is 0 Å². The van der Waals surface area contributed by atoms with Crippen molar-refractivity contribution < 1.29 is 15.0 Å². The second-order valence-corrected chi connectivity index (χ2v) is 7.30. The molecule has 0 aliphatic carbocycles. The number of β-amino-alcohol motifs (C(OH)–C–C–N with tert-alkyl or cyclic N) is 1. The normalized spacial score (nSPS) is 15.2. The zero-order chi connectivity index (χ0) is 19.5. The van der Waals surface area contributed by atoms with Crippen molar-refractivity contribution in [3.05, 3.63) is 77.4 Å². The van der Waals surface area contributed by atoms with Crippen LogP contribution in [0.5, 0.6) is 5.75 Å². The summed E-state index contributed by atoms with van der Waals surface area (Å²) in [6.07, 6.45) is 0.297. The van der Waals surface area contributed by atoms with E-state index in [1.165, 1.54) is 17.2 Å². The molecule has 28 heavy (non-hydrogen) atoms. The van der Waals surface area contributed by atoms with Gasteiger partial charge < -0.3 is 15.5 Å². The van der Waals surface area contributed by atoms with Crippen molar-refractivity contribution in [3.8, 4) is 5.75 Å². The highest BCUT2D eigenvalue weighted by atomic mass is 16.3. The van der Waals surface area contributed by atoms with Gasteiger partial charge in [-0.15, -0.1) is 0 Å². The number of nitrogens with zero attached hydrogens (tertiary/aromatic N) is 1. The molecule has 0 unspecified atom stereocenters. The summed E-state index contributed by atoms with van der Waals surface area (Å²) in [6.45, 7) is 2.34. The molecular formula is C23H24N2O3. The van der Waals surface area contributed by atoms with Gasteiger partial charge in [0.05, 0.1) is 11.7 Å². The fourth-order valence-corrected chi connectivity index (χ4v) is 3.87. The third kappa shape index (κ3) is 3.86. The summed E-state index contributed by atoms with van der Waals surface area (Å²) in [4.78, 5) is 14.8. The molecule has 3 aromatic carbocycles. The topological polar surface area (TPSA) is 72.8 Å². The summed E-state index contributed by atoms with van der Waals surface area (Å²) < 4.78 is 0. The standard InChI is InChI=1S/C23H24N2O3/c26-19(15-25-12-11-16-5-1-2-7-18(16)14-25)13-24-23(28)22-20-8-4-3-6-17(20)9-10-21(22)27/h1-10,19,26-27H,11-15H2,(H,24,28)/t19-/m0/s1. The molecule has 1 aliphatic heterocycles. The summed E-state index contributed by atoms with van der Waals surface area (Å²) in [6, 6.07) is 19.1. The summed E-state index contributed by atoms with van der Waals surface area (Å²) in [7, 11) is 0. The van der Waals surface area contributed by atoms with E-state index in [9.17, 15) is 15.0 Å². The van der Waals surface area contributed by atoms with E-state index in [2.05, 4.69) is 28.4 Å². The van der Waals surface area contributed by atoms with Crippen LogP contribution in [0.15, 0.2) is 60.7 Å². The summed E-state index contributed by atoms with van der Waals surface area (Å²) in [5, 5.41) is 24.9. The number of hydrogen-bond acceptors (Lipinski definition) is 4. The minimum absolute atomic E-state index is 0.0571. The van der Waals surface area contributed by atoms with Gasteiger partial charge in [-0.25, -0.2) is 0 Å². The molecule has 5 nitrogen and oxygen atoms in total. The van der Waals surface area contributed by atoms with Gasteiger partial charge in [0.2, 0.25) is 0 Å². The van der Waals surface area contributed by atoms with Gasteiger partial charge >= 0.3 is 0 Å². The number of phenolic OH excluding ortho intramolecular Hbond substituents is 1. The van der Waals surface area contributed by atoms with E-state index in [0.29, 0.717) is 11.9 Å². The Bertz CT molecular complexity index is 1000. The highest BCUT2D eigenvalue weighted by molar-refractivity contribution is 6.09. The molecule has 1 amide bonds. The molecule has 0 saturated heterocycles. The van der Waals surface area contributed by atoms with Crippen LogP contribution in [-0.2, 0) is 13.0 Å². The quantitative estimate of drug-likeness (QED) is 0.640. The van der Waals surface area contributed by atoms with E-state index < -0.39 is 6.10 Å². The first-order chi connectivity index (χ1) is 13.6. The van der Waals surface area contributed by atoms with Crippen LogP contribution < -0.4 is 5.32 Å². The minimum Gasteiger partial charge on any atom is -0.507 e. The van der Waals surface area contributed by atoms with Crippen LogP contribution in [0.1, 0.15) is 21.5 Å². The number of aromatic hydroxyl groups is 1. The van der Waals surface area contributed by atoms with Gasteiger partial charge in [0.15, 0.2) is 0 Å². The zero-order valence-corrected chi connectivity index (χ0v) is 15.6. The fraction of sp³-hybridized carbons (Fsp3) is 0.261. The van der Waals surface area contributed by atoms with Crippen molar-refractivity contribution in [1.82, 2.24) is 10.2 Å². The molecule has 3 N–H and O–H groups in total. The van der Waals surface area contributed by atoms with Crippen molar-refractivity contribution >= 4 is 16.7 Å². The van der Waals surface area contributed by atoms with Crippen molar-refractivity contribution in [2.24, 2.45) is 0 Å². The van der Waals surface area contributed by atoms with E-state index >= 15 is 0 Å². The Hall–Kier alpha value is -2.89. The Morgan fingerprint density at radius 1 is 1.04 bits per heavy atom. The number of aliphatic hydroxyl groups excluding tert-OH is 1. The summed E-state index contributed by atoms with van der Waals surface area (Å²) in [5.41, 5.74) is 2.91. The molecule has 1 atom stereocenters. The number of carbonyl (C=O) groups is 1. The lowest BCUT2D eigenvalue weighted by atomic mass is 10.00. The highest BCUT2D eigenvalue weighted by Gasteiger charge is 2.20. The van der Waals surface area contributed by atoms with Crippen LogP contribution in [-0.4, -0.2) is 46.8 Å². The van der Waals surface area contributed by atoms with E-state index in [0.717, 1.165) is 24.9 Å². The molecule has 5 heteroatoms. The Balaban J connectivity index is 1.37. The Morgan fingerprint density at radius 3 is 2.64 bits per heavy atom. The molecule has 0 radical (unpaired) electrons. The molecule has 4 rings (SSSR count). The van der Waals surface area contributed by atoms with E-state index in [1.807, 2.05) is 30.3 Å². The van der Waals surface area contributed by atoms with Gasteiger partial charge in [0, 0.05) is 26.2 Å². The molecule has 1 heterocycles. The lowest BCUT2D eigenvalue weighted by molar-refractivity contribution is 0.0841. The highest BCUT2D eigenvalue weighted by Crippen LogP contribution is 2.27. The lowest BCUT2D eigenvalue weighted by Crippen LogP contribution is -2.42. The molecular weight excluding hydrogens is 352 g/mol. The number of carbonyl (C=O) groups excluding carboxylic acids is 1. The Labute approximate surface area is 164 Å². The third-order valence-corrected chi connectivity index (χ3v) is 5.31. The van der Waals surface area contributed by atoms with Crippen molar-refractivity contribution in [1.29, 1.82) is 0 Å². The second-order valence-electron chi connectivity index (χ2n) is 7.30. The lowest BCUT2D eigenvalue weighted by Gasteiger charge is -2.30. The minimum atomic E-state index is -0.675. The van der Waals surface area contributed by atoms with Gasteiger partial charge in [-0.3, -0.25) is 9.69 Å². The first-order valence-electron chi connectivity index (χ1n) is 9.58. The van der Waals surface area contributed by atoms with E-state index in [1.54, 1.807) is 6.07 Å². The van der Waals surface area contributed by atoms with Crippen LogP contribution in [0.4, 0.5) is 0 Å². The van der Waals surface area contributed by atoms with Gasteiger partial charge in [0.25, 0.3) is 5.91 Å². The van der Waals surface area contributed by atoms with Crippen LogP contribution in [0.3, 0.4) is 0 Å². The molecule has 0 fully saturated rings. The van der Waals surface area contributed by atoms with Crippen molar-refractivity contribution in [2.75, 3.05) is 19.6 Å². The molecule has 0 spiro atoms. The number of aliphatic hydroxyl groups is 1. The fourth-order valence-electron chi connectivity index (χ4n) is 3.87. The summed E-state index contributed by atoms with van der Waals surface area (Å²) >= 11 is 0. The number of rotatable bonds is 5. The first-order valence-corrected chi connectivity index (χ1v) is 9.58. The molecule has 3 aromatic rings. The Morgan fingerprint density at radius 2 is 1.79 bits per heavy atom. The van der Waals surface area contributed by atoms with Crippen molar-refractivity contribution in [3.63, 3.8) is 0 Å². The second kappa shape index (κ2) is 8.00. The molecule has 0 aromatic heterocycles. The SMILES string of the molecule is O=C(NC[C@H](O)CN1CCc2ccccc2C1)c1c(O)ccc2ccccc12. The maximum atomic E-state index is 12.6. The number of hydrogen-bond donors (Lipinski definition) is 3. The van der Waals surface area contributed by atoms with Gasteiger partial charge in [0.1, 0.15) is 5.75 Å². The van der Waals surface area contributed by atoms with Crippen molar-refractivity contribution in [2.45, 2.75) is 19.1 Å². The smallest absolute Gasteiger partial charge is 0.255 e. The maximum absolute atomic E-state index is 12.6. The summed E-state index contributed by atoms with van der Waals surface area (Å²) in [5.74, 6) is -0.435. The van der Waals surface area contributed by atoms with E-state index in [4.69, 9.17) is 0 Å². The molecule has 144 valence electrons. The number of nitrogens with one attached hydrogen (secondary N) is 1. The van der Waals surface area contributed by atoms with Crippen LogP contribution in [0.2, 0.25) is 0 Å². The third-order valence-electron chi connectivity index (χ3n) is 5.31. The van der Waals surface area contributed by atoms with E-state index in [-0.39, 0.29) is 23.8 Å². The van der Waals surface area contributed by atoms with Crippen LogP contribution >= 0.6 is 0 Å². The van der Waals surface area contributed by atoms with Gasteiger partial charge in [-0.2, -0.15) is 0 Å². The largest absolute Gasteiger partial charge is 0.507 e. The Kier molecular flexibility index (Phi) is 5.28. The number of amides is 1. The average Bonchev–Trinajstić information content (AvgIpc) is 2.72. The molecule has 1 aliphatic rings. The molecule has 0 saturated carbocycles. The number of benzene rings is 3. The predicted octanol–water partition coefficient (Wildman–Crippen LogP) is 2.69. The maximum Gasteiger partial charge on any atom is 0.255 e. The van der Waals surface area contributed by atoms with Gasteiger partial charge in [-0.05, 0) is 34.4 Å². The number of fused-ring (bicyclic) bond motifs is 2. The zero-order valence-electron chi connectivity index (χ0n) is 15.6. The average molecular weight is 376 g/mol. The molecule has 0 bridgehead atoms. The first kappa shape index (κ1) is 18.5. The number of phenols is 1. The monoisotopic (exact) mass is 376 g/mol. The van der Waals surface area contributed by atoms with Gasteiger partial charge in [-0.1, -0.05) is 54.6 Å². The predicted molar refractivity (Wildman–Crippen MR) is 109 cm³/mol. The van der Waals surface area contributed by atoms with Crippen LogP contribution in [0.25, 0.3) is 10.8 Å².